The second-order valence-corrected chi connectivity index (χ2v) is 7.46. The van der Waals surface area contributed by atoms with Gasteiger partial charge in [0.15, 0.2) is 0 Å². The van der Waals surface area contributed by atoms with Gasteiger partial charge in [0.05, 0.1) is 0 Å². The summed E-state index contributed by atoms with van der Waals surface area (Å²) < 4.78 is 0. The summed E-state index contributed by atoms with van der Waals surface area (Å²) in [5.74, 6) is 1.46. The van der Waals surface area contributed by atoms with Crippen LogP contribution in [0.2, 0.25) is 0 Å². The van der Waals surface area contributed by atoms with Crippen LogP contribution in [0.5, 0.6) is 0 Å². The quantitative estimate of drug-likeness (QED) is 0.463. The molecular weight excluding hydrogens is 388 g/mol. The molecule has 0 unspecified atom stereocenters. The zero-order chi connectivity index (χ0) is 22.4. The third kappa shape index (κ3) is 5.94. The summed E-state index contributed by atoms with van der Waals surface area (Å²) in [6.45, 7) is 11.9. The van der Waals surface area contributed by atoms with Gasteiger partial charge in [-0.15, -0.1) is 0 Å². The van der Waals surface area contributed by atoms with Crippen LogP contribution in [-0.2, 0) is 0 Å². The average Bonchev–Trinajstić information content (AvgIpc) is 2.72. The molecule has 0 spiro atoms. The molecular formula is C24H30N6O. The Hall–Kier alpha value is -3.61. The summed E-state index contributed by atoms with van der Waals surface area (Å²) in [5.41, 5.74) is 5.42. The highest BCUT2D eigenvalue weighted by atomic mass is 16.2. The van der Waals surface area contributed by atoms with Crippen LogP contribution < -0.4 is 20.9 Å². The molecule has 0 saturated carbocycles. The van der Waals surface area contributed by atoms with Gasteiger partial charge in [0.25, 0.3) is 0 Å². The fraction of sp³-hybridized carbons (Fsp3) is 0.292. The number of amides is 2. The normalized spacial score (nSPS) is 10.5. The summed E-state index contributed by atoms with van der Waals surface area (Å²) in [7, 11) is 0. The minimum atomic E-state index is -0.279. The first-order valence-electron chi connectivity index (χ1n) is 10.5. The summed E-state index contributed by atoms with van der Waals surface area (Å²) in [5, 5.41) is 8.98. The van der Waals surface area contributed by atoms with E-state index in [0.29, 0.717) is 11.6 Å². The summed E-state index contributed by atoms with van der Waals surface area (Å²) in [4.78, 5) is 23.6. The minimum absolute atomic E-state index is 0.279. The Kier molecular flexibility index (Phi) is 7.07. The number of carbonyl (C=O) groups excluding carboxylic acids is 1. The van der Waals surface area contributed by atoms with Gasteiger partial charge < -0.3 is 20.9 Å². The van der Waals surface area contributed by atoms with Crippen molar-refractivity contribution in [2.75, 3.05) is 33.9 Å². The highest BCUT2D eigenvalue weighted by molar-refractivity contribution is 6.00. The molecule has 0 aliphatic heterocycles. The molecule has 3 rings (SSSR count). The molecule has 7 nitrogen and oxygen atoms in total. The molecule has 2 amide bonds. The Morgan fingerprint density at radius 3 is 2.19 bits per heavy atom. The van der Waals surface area contributed by atoms with Gasteiger partial charge in [-0.1, -0.05) is 17.7 Å². The monoisotopic (exact) mass is 418 g/mol. The number of nitrogens with one attached hydrogen (secondary N) is 3. The van der Waals surface area contributed by atoms with E-state index >= 15 is 0 Å². The number of nitrogens with zero attached hydrogens (tertiary/aromatic N) is 3. The highest BCUT2D eigenvalue weighted by Gasteiger charge is 2.09. The number of carbonyl (C=O) groups is 1. The number of benzene rings is 2. The first-order valence-corrected chi connectivity index (χ1v) is 10.5. The summed E-state index contributed by atoms with van der Waals surface area (Å²) in [6, 6.07) is 15.1. The molecule has 1 aromatic heterocycles. The van der Waals surface area contributed by atoms with Crippen molar-refractivity contribution < 1.29 is 4.79 Å². The lowest BCUT2D eigenvalue weighted by molar-refractivity contribution is 0.262. The van der Waals surface area contributed by atoms with Gasteiger partial charge in [0.1, 0.15) is 5.82 Å². The number of hydrogen-bond acceptors (Lipinski definition) is 5. The van der Waals surface area contributed by atoms with Crippen molar-refractivity contribution in [2.45, 2.75) is 34.6 Å². The zero-order valence-corrected chi connectivity index (χ0v) is 18.8. The van der Waals surface area contributed by atoms with E-state index in [1.807, 2.05) is 69.3 Å². The molecule has 0 saturated heterocycles. The summed E-state index contributed by atoms with van der Waals surface area (Å²) >= 11 is 0. The van der Waals surface area contributed by atoms with Crippen LogP contribution in [0.15, 0.2) is 48.5 Å². The largest absolute Gasteiger partial charge is 0.357 e. The van der Waals surface area contributed by atoms with Gasteiger partial charge >= 0.3 is 6.03 Å². The Bertz CT molecular complexity index is 1040. The molecule has 0 radical (unpaired) electrons. The second kappa shape index (κ2) is 9.93. The first-order chi connectivity index (χ1) is 14.9. The Morgan fingerprint density at radius 1 is 0.871 bits per heavy atom. The van der Waals surface area contributed by atoms with E-state index in [0.717, 1.165) is 47.1 Å². The molecule has 0 fully saturated rings. The molecule has 3 N–H and O–H groups in total. The molecule has 31 heavy (non-hydrogen) atoms. The highest BCUT2D eigenvalue weighted by Crippen LogP contribution is 2.21. The van der Waals surface area contributed by atoms with E-state index < -0.39 is 0 Å². The maximum Gasteiger partial charge on any atom is 0.323 e. The lowest BCUT2D eigenvalue weighted by Gasteiger charge is -2.20. The fourth-order valence-electron chi connectivity index (χ4n) is 3.32. The molecule has 0 bridgehead atoms. The van der Waals surface area contributed by atoms with Crippen LogP contribution >= 0.6 is 0 Å². The first kappa shape index (κ1) is 22.1. The van der Waals surface area contributed by atoms with Crippen LogP contribution in [-0.4, -0.2) is 29.1 Å². The van der Waals surface area contributed by atoms with Crippen molar-refractivity contribution in [3.8, 4) is 0 Å². The average molecular weight is 419 g/mol. The molecule has 2 aromatic carbocycles. The van der Waals surface area contributed by atoms with Crippen molar-refractivity contribution in [1.29, 1.82) is 0 Å². The third-order valence-electron chi connectivity index (χ3n) is 4.96. The molecule has 3 aromatic rings. The van der Waals surface area contributed by atoms with Crippen molar-refractivity contribution >= 4 is 34.9 Å². The lowest BCUT2D eigenvalue weighted by Crippen LogP contribution is -2.23. The van der Waals surface area contributed by atoms with Gasteiger partial charge in [0.2, 0.25) is 5.95 Å². The van der Waals surface area contributed by atoms with Crippen LogP contribution in [0.25, 0.3) is 0 Å². The predicted molar refractivity (Wildman–Crippen MR) is 129 cm³/mol. The van der Waals surface area contributed by atoms with Gasteiger partial charge in [-0.25, -0.2) is 9.78 Å². The SMILES string of the molecule is CCN(CC)c1cc(C)nc(Nc2ccc(NC(=O)Nc3ccc(C)cc3C)cc2)n1. The van der Waals surface area contributed by atoms with Crippen molar-refractivity contribution in [1.82, 2.24) is 9.97 Å². The van der Waals surface area contributed by atoms with E-state index in [1.54, 1.807) is 0 Å². The van der Waals surface area contributed by atoms with Crippen molar-refractivity contribution in [3.63, 3.8) is 0 Å². The van der Waals surface area contributed by atoms with E-state index in [4.69, 9.17) is 0 Å². The van der Waals surface area contributed by atoms with E-state index in [2.05, 4.69) is 44.7 Å². The maximum absolute atomic E-state index is 12.3. The fourth-order valence-corrected chi connectivity index (χ4v) is 3.32. The van der Waals surface area contributed by atoms with Crippen LogP contribution in [0, 0.1) is 20.8 Å². The van der Waals surface area contributed by atoms with Gasteiger partial charge in [-0.2, -0.15) is 4.98 Å². The predicted octanol–water partition coefficient (Wildman–Crippen LogP) is 5.64. The van der Waals surface area contributed by atoms with Crippen LogP contribution in [0.1, 0.15) is 30.7 Å². The smallest absolute Gasteiger partial charge is 0.323 e. The number of aromatic nitrogens is 2. The topological polar surface area (TPSA) is 82.2 Å². The lowest BCUT2D eigenvalue weighted by atomic mass is 10.1. The van der Waals surface area contributed by atoms with Gasteiger partial charge in [-0.05, 0) is 70.5 Å². The maximum atomic E-state index is 12.3. The minimum Gasteiger partial charge on any atom is -0.357 e. The molecule has 0 aliphatic rings. The number of anilines is 5. The van der Waals surface area contributed by atoms with Gasteiger partial charge in [0, 0.05) is 41.9 Å². The van der Waals surface area contributed by atoms with E-state index in [9.17, 15) is 4.79 Å². The third-order valence-corrected chi connectivity index (χ3v) is 4.96. The zero-order valence-electron chi connectivity index (χ0n) is 18.8. The Balaban J connectivity index is 1.64. The van der Waals surface area contributed by atoms with E-state index in [-0.39, 0.29) is 6.03 Å². The Morgan fingerprint density at radius 2 is 1.55 bits per heavy atom. The standard InChI is InChI=1S/C24H30N6O/c1-6-30(7-2)22-15-18(5)25-23(29-22)26-19-9-11-20(12-10-19)27-24(31)28-21-13-8-16(3)14-17(21)4/h8-15H,6-7H2,1-5H3,(H,25,26,29)(H2,27,28,31). The van der Waals surface area contributed by atoms with Gasteiger partial charge in [-0.3, -0.25) is 0 Å². The summed E-state index contributed by atoms with van der Waals surface area (Å²) in [6.07, 6.45) is 0. The molecule has 7 heteroatoms. The number of aryl methyl sites for hydroxylation is 3. The number of urea groups is 1. The number of hydrogen-bond donors (Lipinski definition) is 3. The van der Waals surface area contributed by atoms with Crippen LogP contribution in [0.4, 0.5) is 33.6 Å². The molecule has 162 valence electrons. The van der Waals surface area contributed by atoms with Crippen LogP contribution in [0.3, 0.4) is 0 Å². The second-order valence-electron chi connectivity index (χ2n) is 7.46. The molecule has 0 aliphatic carbocycles. The molecule has 0 atom stereocenters. The molecule has 1 heterocycles. The Labute approximate surface area is 183 Å². The van der Waals surface area contributed by atoms with E-state index in [1.165, 1.54) is 0 Å². The number of rotatable bonds is 7. The van der Waals surface area contributed by atoms with Crippen molar-refractivity contribution in [2.24, 2.45) is 0 Å². The van der Waals surface area contributed by atoms with Crippen molar-refractivity contribution in [3.05, 3.63) is 65.4 Å².